The van der Waals surface area contributed by atoms with Gasteiger partial charge in [-0.05, 0) is 74.2 Å². The molecule has 0 spiro atoms. The van der Waals surface area contributed by atoms with Crippen molar-refractivity contribution in [3.63, 3.8) is 0 Å². The van der Waals surface area contributed by atoms with Gasteiger partial charge in [0.15, 0.2) is 6.10 Å². The lowest BCUT2D eigenvalue weighted by Crippen LogP contribution is -2.25. The number of carbonyl (C=O) groups is 4. The SMILES string of the molecule is C=C(C)C(=O)OCc1cc(COC(=O)C(=C)C)cc(C2=CCC(OC(=O)C(=C)C)C(OC(=O)C(=C)C)=C2)c1. The number of hydrogen-bond donors (Lipinski definition) is 0. The van der Waals surface area contributed by atoms with Crippen molar-refractivity contribution in [1.82, 2.24) is 0 Å². The minimum absolute atomic E-state index is 0.0473. The third-order valence-corrected chi connectivity index (χ3v) is 5.15. The highest BCUT2D eigenvalue weighted by Gasteiger charge is 2.27. The summed E-state index contributed by atoms with van der Waals surface area (Å²) in [5, 5.41) is 0. The fraction of sp³-hybridized carbons (Fsp3) is 0.267. The highest BCUT2D eigenvalue weighted by atomic mass is 16.6. The van der Waals surface area contributed by atoms with Crippen molar-refractivity contribution < 1.29 is 38.1 Å². The van der Waals surface area contributed by atoms with Gasteiger partial charge >= 0.3 is 23.9 Å². The molecule has 1 unspecified atom stereocenters. The predicted molar refractivity (Wildman–Crippen MR) is 142 cm³/mol. The Labute approximate surface area is 222 Å². The Morgan fingerprint density at radius 2 is 1.21 bits per heavy atom. The molecule has 1 aliphatic carbocycles. The van der Waals surface area contributed by atoms with Gasteiger partial charge in [-0.15, -0.1) is 0 Å². The third kappa shape index (κ3) is 8.58. The van der Waals surface area contributed by atoms with E-state index in [1.807, 2.05) is 6.08 Å². The summed E-state index contributed by atoms with van der Waals surface area (Å²) in [6.45, 7) is 20.4. The Morgan fingerprint density at radius 3 is 1.66 bits per heavy atom. The quantitative estimate of drug-likeness (QED) is 0.223. The summed E-state index contributed by atoms with van der Waals surface area (Å²) < 4.78 is 21.5. The maximum absolute atomic E-state index is 12.3. The van der Waals surface area contributed by atoms with Gasteiger partial charge in [-0.2, -0.15) is 0 Å². The summed E-state index contributed by atoms with van der Waals surface area (Å²) in [4.78, 5) is 48.3. The molecule has 2 rings (SSSR count). The van der Waals surface area contributed by atoms with Crippen LogP contribution >= 0.6 is 0 Å². The molecule has 0 radical (unpaired) electrons. The lowest BCUT2D eigenvalue weighted by Gasteiger charge is -2.24. The van der Waals surface area contributed by atoms with E-state index in [1.54, 1.807) is 38.1 Å². The van der Waals surface area contributed by atoms with E-state index in [0.717, 1.165) is 0 Å². The van der Waals surface area contributed by atoms with E-state index in [0.29, 0.717) is 22.3 Å². The molecule has 1 aromatic rings. The van der Waals surface area contributed by atoms with Crippen molar-refractivity contribution >= 4 is 29.5 Å². The van der Waals surface area contributed by atoms with E-state index in [-0.39, 0.29) is 47.7 Å². The van der Waals surface area contributed by atoms with Gasteiger partial charge in [-0.1, -0.05) is 32.4 Å². The van der Waals surface area contributed by atoms with Crippen LogP contribution in [0.2, 0.25) is 0 Å². The topological polar surface area (TPSA) is 105 Å². The number of allylic oxidation sites excluding steroid dienone is 2. The molecular formula is C30H32O8. The average molecular weight is 521 g/mol. The highest BCUT2D eigenvalue weighted by Crippen LogP contribution is 2.30. The molecule has 0 N–H and O–H groups in total. The van der Waals surface area contributed by atoms with Gasteiger partial charge in [0.05, 0.1) is 0 Å². The lowest BCUT2D eigenvalue weighted by atomic mass is 9.94. The maximum Gasteiger partial charge on any atom is 0.338 e. The first kappa shape index (κ1) is 29.8. The molecule has 0 aromatic heterocycles. The van der Waals surface area contributed by atoms with Crippen LogP contribution in [0.1, 0.15) is 50.8 Å². The summed E-state index contributed by atoms with van der Waals surface area (Å²) in [5.74, 6) is -2.24. The zero-order valence-electron chi connectivity index (χ0n) is 22.2. The molecule has 0 saturated carbocycles. The van der Waals surface area contributed by atoms with Crippen molar-refractivity contribution in [3.05, 3.63) is 101 Å². The van der Waals surface area contributed by atoms with E-state index in [1.165, 1.54) is 13.8 Å². The molecule has 8 nitrogen and oxygen atoms in total. The number of rotatable bonds is 11. The Morgan fingerprint density at radius 1 is 0.737 bits per heavy atom. The van der Waals surface area contributed by atoms with Crippen molar-refractivity contribution in [2.75, 3.05) is 0 Å². The minimum Gasteiger partial charge on any atom is -0.457 e. The molecule has 0 bridgehead atoms. The minimum atomic E-state index is -0.845. The summed E-state index contributed by atoms with van der Waals surface area (Å²) in [7, 11) is 0. The Hall–Kier alpha value is -4.46. The second-order valence-corrected chi connectivity index (χ2v) is 9.04. The van der Waals surface area contributed by atoms with Gasteiger partial charge in [0.25, 0.3) is 0 Å². The van der Waals surface area contributed by atoms with E-state index in [2.05, 4.69) is 26.3 Å². The summed E-state index contributed by atoms with van der Waals surface area (Å²) >= 11 is 0. The van der Waals surface area contributed by atoms with Crippen molar-refractivity contribution in [2.24, 2.45) is 0 Å². The van der Waals surface area contributed by atoms with E-state index >= 15 is 0 Å². The van der Waals surface area contributed by atoms with Gasteiger partial charge in [-0.3, -0.25) is 0 Å². The molecule has 0 fully saturated rings. The van der Waals surface area contributed by atoms with E-state index in [4.69, 9.17) is 18.9 Å². The normalized spacial score (nSPS) is 14.3. The van der Waals surface area contributed by atoms with Crippen LogP contribution in [0.15, 0.2) is 84.7 Å². The first-order chi connectivity index (χ1) is 17.8. The number of ether oxygens (including phenoxy) is 4. The van der Waals surface area contributed by atoms with Gasteiger partial charge in [0.1, 0.15) is 19.0 Å². The molecule has 1 atom stereocenters. The predicted octanol–water partition coefficient (Wildman–Crippen LogP) is 5.20. The molecule has 0 amide bonds. The zero-order chi connectivity index (χ0) is 28.6. The average Bonchev–Trinajstić information content (AvgIpc) is 2.86. The zero-order valence-corrected chi connectivity index (χ0v) is 22.2. The molecule has 0 heterocycles. The fourth-order valence-corrected chi connectivity index (χ4v) is 3.12. The standard InChI is InChI=1S/C30H32O8/c1-17(2)27(31)35-15-21-11-22(16-36-28(32)18(3)4)13-24(12-21)23-9-10-25(37-29(33)19(5)6)26(14-23)38-30(34)20(7)8/h9,11-14,25H,1,3,5,7,10,15-16H2,2,4,6,8H3. The molecule has 1 aromatic carbocycles. The first-order valence-electron chi connectivity index (χ1n) is 11.7. The van der Waals surface area contributed by atoms with Crippen molar-refractivity contribution in [3.8, 4) is 0 Å². The monoisotopic (exact) mass is 520 g/mol. The van der Waals surface area contributed by atoms with Crippen LogP contribution in [-0.4, -0.2) is 30.0 Å². The number of esters is 4. The largest absolute Gasteiger partial charge is 0.457 e. The smallest absolute Gasteiger partial charge is 0.338 e. The van der Waals surface area contributed by atoms with E-state index in [9.17, 15) is 19.2 Å². The second kappa shape index (κ2) is 13.2. The number of benzene rings is 1. The molecule has 8 heteroatoms. The number of hydrogen-bond acceptors (Lipinski definition) is 8. The van der Waals surface area contributed by atoms with Crippen LogP contribution in [0.3, 0.4) is 0 Å². The summed E-state index contributed by atoms with van der Waals surface area (Å²) in [6, 6.07) is 5.32. The van der Waals surface area contributed by atoms with Crippen LogP contribution in [0.25, 0.3) is 5.57 Å². The number of carbonyl (C=O) groups excluding carboxylic acids is 4. The van der Waals surface area contributed by atoms with Gasteiger partial charge < -0.3 is 18.9 Å². The van der Waals surface area contributed by atoms with Gasteiger partial charge in [0, 0.05) is 28.7 Å². The molecule has 0 saturated heterocycles. The maximum atomic E-state index is 12.3. The van der Waals surface area contributed by atoms with Crippen molar-refractivity contribution in [1.29, 1.82) is 0 Å². The molecular weight excluding hydrogens is 488 g/mol. The van der Waals surface area contributed by atoms with Crippen molar-refractivity contribution in [2.45, 2.75) is 53.4 Å². The van der Waals surface area contributed by atoms with Crippen LogP contribution < -0.4 is 0 Å². The van der Waals surface area contributed by atoms with E-state index < -0.39 is 30.0 Å². The van der Waals surface area contributed by atoms with Gasteiger partial charge in [-0.25, -0.2) is 19.2 Å². The van der Waals surface area contributed by atoms with Crippen LogP contribution in [0, 0.1) is 0 Å². The lowest BCUT2D eigenvalue weighted by molar-refractivity contribution is -0.148. The Bertz CT molecular complexity index is 1230. The molecule has 1 aliphatic rings. The summed E-state index contributed by atoms with van der Waals surface area (Å²) in [5.41, 5.74) is 3.48. The van der Waals surface area contributed by atoms with Crippen LogP contribution in [0.5, 0.6) is 0 Å². The third-order valence-electron chi connectivity index (χ3n) is 5.15. The van der Waals surface area contributed by atoms with Gasteiger partial charge in [0.2, 0.25) is 0 Å². The fourth-order valence-electron chi connectivity index (χ4n) is 3.12. The van der Waals surface area contributed by atoms with Crippen LogP contribution in [0.4, 0.5) is 0 Å². The Balaban J connectivity index is 2.46. The second-order valence-electron chi connectivity index (χ2n) is 9.04. The van der Waals surface area contributed by atoms with Crippen LogP contribution in [-0.2, 0) is 51.3 Å². The highest BCUT2D eigenvalue weighted by molar-refractivity contribution is 5.90. The Kier molecular flexibility index (Phi) is 10.3. The first-order valence-corrected chi connectivity index (χ1v) is 11.7. The summed E-state index contributed by atoms with van der Waals surface area (Å²) in [6.07, 6.45) is 2.78. The molecule has 38 heavy (non-hydrogen) atoms. The molecule has 200 valence electrons. The molecule has 0 aliphatic heterocycles.